The van der Waals surface area contributed by atoms with Gasteiger partial charge in [0, 0.05) is 13.1 Å². The van der Waals surface area contributed by atoms with Crippen LogP contribution in [0.3, 0.4) is 0 Å². The average molecular weight is 324 g/mol. The molecule has 0 aromatic heterocycles. The number of hydrogen-bond donors (Lipinski definition) is 3. The molecule has 0 radical (unpaired) electrons. The predicted octanol–water partition coefficient (Wildman–Crippen LogP) is 0.759. The number of rotatable bonds is 4. The van der Waals surface area contributed by atoms with Crippen molar-refractivity contribution in [2.45, 2.75) is 13.0 Å². The first kappa shape index (κ1) is 18.4. The van der Waals surface area contributed by atoms with Crippen molar-refractivity contribution in [3.63, 3.8) is 0 Å². The van der Waals surface area contributed by atoms with Crippen molar-refractivity contribution in [2.24, 2.45) is 11.7 Å². The van der Waals surface area contributed by atoms with Crippen LogP contribution in [0.25, 0.3) is 0 Å². The number of amides is 1. The van der Waals surface area contributed by atoms with Gasteiger partial charge >= 0.3 is 18.0 Å². The number of likely N-dealkylation sites (tertiary alicyclic amines) is 1. The molecular weight excluding hydrogens is 304 g/mol. The number of carbonyl (C=O) groups is 3. The molecule has 2 rings (SSSR count). The molecule has 1 aliphatic heterocycles. The number of nitrogens with two attached hydrogens (primary N) is 1. The van der Waals surface area contributed by atoms with Gasteiger partial charge in [0.25, 0.3) is 0 Å². The fourth-order valence-corrected chi connectivity index (χ4v) is 1.95. The van der Waals surface area contributed by atoms with Gasteiger partial charge in [-0.05, 0) is 24.4 Å². The predicted molar refractivity (Wildman–Crippen MR) is 80.6 cm³/mol. The van der Waals surface area contributed by atoms with Crippen LogP contribution in [0.4, 0.5) is 4.79 Å². The van der Waals surface area contributed by atoms with Gasteiger partial charge < -0.3 is 25.6 Å². The van der Waals surface area contributed by atoms with E-state index in [4.69, 9.17) is 30.3 Å². The Morgan fingerprint density at radius 2 is 1.70 bits per heavy atom. The summed E-state index contributed by atoms with van der Waals surface area (Å²) >= 11 is 0. The zero-order chi connectivity index (χ0) is 17.2. The summed E-state index contributed by atoms with van der Waals surface area (Å²) in [5, 5.41) is 14.8. The van der Waals surface area contributed by atoms with Gasteiger partial charge in [-0.15, -0.1) is 0 Å². The van der Waals surface area contributed by atoms with E-state index in [0.29, 0.717) is 19.1 Å². The van der Waals surface area contributed by atoms with Gasteiger partial charge in [0.05, 0.1) is 0 Å². The Bertz CT molecular complexity index is 516. The number of benzene rings is 1. The van der Waals surface area contributed by atoms with Gasteiger partial charge in [-0.1, -0.05) is 30.3 Å². The number of carboxylic acids is 2. The van der Waals surface area contributed by atoms with Crippen molar-refractivity contribution >= 4 is 18.0 Å². The maximum atomic E-state index is 11.6. The van der Waals surface area contributed by atoms with E-state index in [1.807, 2.05) is 30.3 Å². The first-order chi connectivity index (χ1) is 10.9. The molecule has 126 valence electrons. The lowest BCUT2D eigenvalue weighted by Gasteiger charge is -2.38. The van der Waals surface area contributed by atoms with Crippen LogP contribution in [0.5, 0.6) is 0 Å². The molecule has 8 nitrogen and oxygen atoms in total. The van der Waals surface area contributed by atoms with Crippen LogP contribution in [0, 0.1) is 5.92 Å². The van der Waals surface area contributed by atoms with Gasteiger partial charge in [-0.2, -0.15) is 0 Å². The molecule has 1 aromatic carbocycles. The van der Waals surface area contributed by atoms with Gasteiger partial charge in [-0.3, -0.25) is 0 Å². The summed E-state index contributed by atoms with van der Waals surface area (Å²) in [6.07, 6.45) is 0.768. The summed E-state index contributed by atoms with van der Waals surface area (Å²) in [5.74, 6) is -3.09. The molecule has 0 aliphatic carbocycles. The fourth-order valence-electron chi connectivity index (χ4n) is 1.95. The maximum absolute atomic E-state index is 11.6. The van der Waals surface area contributed by atoms with Crippen molar-refractivity contribution in [1.29, 1.82) is 0 Å². The molecule has 0 atom stereocenters. The lowest BCUT2D eigenvalue weighted by molar-refractivity contribution is -0.159. The number of ether oxygens (including phenoxy) is 1. The molecule has 23 heavy (non-hydrogen) atoms. The highest BCUT2D eigenvalue weighted by Gasteiger charge is 2.30. The molecule has 1 fully saturated rings. The van der Waals surface area contributed by atoms with Crippen LogP contribution in [0.1, 0.15) is 12.0 Å². The van der Waals surface area contributed by atoms with E-state index in [0.717, 1.165) is 25.1 Å². The van der Waals surface area contributed by atoms with Crippen molar-refractivity contribution in [3.8, 4) is 0 Å². The summed E-state index contributed by atoms with van der Waals surface area (Å²) in [7, 11) is 0. The third-order valence-corrected chi connectivity index (χ3v) is 3.18. The molecular formula is C15H20N2O6. The van der Waals surface area contributed by atoms with Crippen LogP contribution < -0.4 is 5.73 Å². The summed E-state index contributed by atoms with van der Waals surface area (Å²) in [6.45, 7) is 2.60. The zero-order valence-corrected chi connectivity index (χ0v) is 12.6. The van der Waals surface area contributed by atoms with E-state index in [9.17, 15) is 4.79 Å². The van der Waals surface area contributed by atoms with E-state index in [1.165, 1.54) is 0 Å². The standard InChI is InChI=1S/C13H18N2O2.C2H2O4/c14-7-6-12-8-15(9-12)13(16)17-10-11-4-2-1-3-5-11;3-1(4)2(5)6/h1-5,12H,6-10,14H2;(H,3,4)(H,5,6). The summed E-state index contributed by atoms with van der Waals surface area (Å²) in [5.41, 5.74) is 6.47. The first-order valence-corrected chi connectivity index (χ1v) is 7.06. The second-order valence-corrected chi connectivity index (χ2v) is 5.00. The second-order valence-electron chi connectivity index (χ2n) is 5.00. The molecule has 0 bridgehead atoms. The van der Waals surface area contributed by atoms with Crippen molar-refractivity contribution < 1.29 is 29.3 Å². The highest BCUT2D eigenvalue weighted by atomic mass is 16.6. The molecule has 1 saturated heterocycles. The molecule has 1 aromatic rings. The molecule has 1 amide bonds. The molecule has 0 unspecified atom stereocenters. The minimum atomic E-state index is -1.82. The molecule has 4 N–H and O–H groups in total. The summed E-state index contributed by atoms with van der Waals surface area (Å²) in [6, 6.07) is 9.70. The van der Waals surface area contributed by atoms with E-state index in [1.54, 1.807) is 4.90 Å². The topological polar surface area (TPSA) is 130 Å². The number of aliphatic carboxylic acids is 2. The van der Waals surface area contributed by atoms with E-state index < -0.39 is 11.9 Å². The minimum Gasteiger partial charge on any atom is -0.473 e. The monoisotopic (exact) mass is 324 g/mol. The van der Waals surface area contributed by atoms with E-state index >= 15 is 0 Å². The van der Waals surface area contributed by atoms with Crippen LogP contribution in [-0.2, 0) is 20.9 Å². The zero-order valence-electron chi connectivity index (χ0n) is 12.6. The molecule has 0 spiro atoms. The number of carbonyl (C=O) groups excluding carboxylic acids is 1. The Morgan fingerprint density at radius 1 is 1.13 bits per heavy atom. The van der Waals surface area contributed by atoms with Crippen LogP contribution >= 0.6 is 0 Å². The first-order valence-electron chi connectivity index (χ1n) is 7.06. The van der Waals surface area contributed by atoms with Gasteiger partial charge in [0.15, 0.2) is 0 Å². The second kappa shape index (κ2) is 9.42. The summed E-state index contributed by atoms with van der Waals surface area (Å²) in [4.78, 5) is 31.5. The fraction of sp³-hybridized carbons (Fsp3) is 0.400. The quantitative estimate of drug-likeness (QED) is 0.697. The number of hydrogen-bond acceptors (Lipinski definition) is 5. The Labute approximate surface area is 133 Å². The molecule has 0 saturated carbocycles. The Kier molecular flexibility index (Phi) is 7.55. The third kappa shape index (κ3) is 6.79. The SMILES string of the molecule is NCCC1CN(C(=O)OCc2ccccc2)C1.O=C(O)C(=O)O. The lowest BCUT2D eigenvalue weighted by Crippen LogP contribution is -2.50. The molecule has 8 heteroatoms. The third-order valence-electron chi connectivity index (χ3n) is 3.18. The number of nitrogens with zero attached hydrogens (tertiary/aromatic N) is 1. The molecule has 1 heterocycles. The smallest absolute Gasteiger partial charge is 0.414 e. The normalized spacial score (nSPS) is 13.3. The largest absolute Gasteiger partial charge is 0.473 e. The van der Waals surface area contributed by atoms with Gasteiger partial charge in [-0.25, -0.2) is 14.4 Å². The van der Waals surface area contributed by atoms with Crippen LogP contribution in [0.15, 0.2) is 30.3 Å². The van der Waals surface area contributed by atoms with Crippen molar-refractivity contribution in [2.75, 3.05) is 19.6 Å². The Morgan fingerprint density at radius 3 is 2.17 bits per heavy atom. The van der Waals surface area contributed by atoms with Gasteiger partial charge in [0.2, 0.25) is 0 Å². The number of carboxylic acid groups (broad SMARTS) is 2. The van der Waals surface area contributed by atoms with E-state index in [2.05, 4.69) is 0 Å². The van der Waals surface area contributed by atoms with Gasteiger partial charge in [0.1, 0.15) is 6.61 Å². The Hall–Kier alpha value is -2.61. The van der Waals surface area contributed by atoms with Crippen molar-refractivity contribution in [1.82, 2.24) is 4.90 Å². The Balaban J connectivity index is 0.000000379. The van der Waals surface area contributed by atoms with Crippen LogP contribution in [-0.4, -0.2) is 52.8 Å². The van der Waals surface area contributed by atoms with Crippen LogP contribution in [0.2, 0.25) is 0 Å². The summed E-state index contributed by atoms with van der Waals surface area (Å²) < 4.78 is 5.21. The highest BCUT2D eigenvalue weighted by molar-refractivity contribution is 6.27. The van der Waals surface area contributed by atoms with E-state index in [-0.39, 0.29) is 6.09 Å². The minimum absolute atomic E-state index is 0.220. The molecule has 1 aliphatic rings. The average Bonchev–Trinajstić information content (AvgIpc) is 2.49. The highest BCUT2D eigenvalue weighted by Crippen LogP contribution is 2.19. The lowest BCUT2D eigenvalue weighted by atomic mass is 9.97. The van der Waals surface area contributed by atoms with Crippen molar-refractivity contribution in [3.05, 3.63) is 35.9 Å². The maximum Gasteiger partial charge on any atom is 0.414 e.